The molecule has 210 valence electrons. The van der Waals surface area contributed by atoms with Gasteiger partial charge in [0, 0.05) is 31.0 Å². The molecule has 3 aromatic rings. The van der Waals surface area contributed by atoms with Crippen molar-refractivity contribution in [1.29, 1.82) is 0 Å². The molecule has 1 saturated heterocycles. The van der Waals surface area contributed by atoms with Crippen LogP contribution in [0.1, 0.15) is 52.7 Å². The van der Waals surface area contributed by atoms with Crippen LogP contribution in [-0.2, 0) is 0 Å². The maximum absolute atomic E-state index is 14.5. The Bertz CT molecular complexity index is 1440. The van der Waals surface area contributed by atoms with Gasteiger partial charge in [0.05, 0.1) is 37.6 Å². The molecule has 8 heteroatoms. The molecule has 40 heavy (non-hydrogen) atoms. The van der Waals surface area contributed by atoms with Crippen LogP contribution in [0.5, 0.6) is 28.7 Å². The predicted molar refractivity (Wildman–Crippen MR) is 153 cm³/mol. The quantitative estimate of drug-likeness (QED) is 0.254. The van der Waals surface area contributed by atoms with E-state index in [1.54, 1.807) is 25.3 Å². The Morgan fingerprint density at radius 2 is 1.70 bits per heavy atom. The van der Waals surface area contributed by atoms with Crippen molar-refractivity contribution < 1.29 is 28.1 Å². The molecular weight excluding hydrogens is 511 g/mol. The SMILES string of the molecule is COc1cc(Oc2cc(OCCCCOc3cc4c(cc3C)C(=O)N3CCC[C@H]3C=N4)ccc2F)cc(C)c1C. The van der Waals surface area contributed by atoms with Gasteiger partial charge in [-0.3, -0.25) is 9.79 Å². The zero-order chi connectivity index (χ0) is 28.2. The van der Waals surface area contributed by atoms with Crippen molar-refractivity contribution in [2.45, 2.75) is 52.5 Å². The van der Waals surface area contributed by atoms with Crippen molar-refractivity contribution in [2.75, 3.05) is 26.9 Å². The number of methoxy groups -OCH3 is 1. The van der Waals surface area contributed by atoms with E-state index >= 15 is 0 Å². The Labute approximate surface area is 234 Å². The molecule has 0 saturated carbocycles. The second kappa shape index (κ2) is 12.0. The minimum absolute atomic E-state index is 0.0462. The predicted octanol–water partition coefficient (Wildman–Crippen LogP) is 7.11. The number of fused-ring (bicyclic) bond motifs is 2. The van der Waals surface area contributed by atoms with Gasteiger partial charge in [0.15, 0.2) is 11.6 Å². The Kier molecular flexibility index (Phi) is 8.24. The summed E-state index contributed by atoms with van der Waals surface area (Å²) in [6, 6.07) is 11.9. The van der Waals surface area contributed by atoms with Gasteiger partial charge in [-0.1, -0.05) is 0 Å². The highest BCUT2D eigenvalue weighted by molar-refractivity contribution is 6.03. The van der Waals surface area contributed by atoms with Gasteiger partial charge in [0.1, 0.15) is 23.0 Å². The van der Waals surface area contributed by atoms with Gasteiger partial charge in [-0.25, -0.2) is 4.39 Å². The van der Waals surface area contributed by atoms with Crippen molar-refractivity contribution in [2.24, 2.45) is 4.99 Å². The first kappa shape index (κ1) is 27.5. The number of ether oxygens (including phenoxy) is 4. The van der Waals surface area contributed by atoms with E-state index in [1.807, 2.05) is 50.1 Å². The number of aryl methyl sites for hydroxylation is 2. The van der Waals surface area contributed by atoms with E-state index in [1.165, 1.54) is 6.07 Å². The van der Waals surface area contributed by atoms with E-state index in [4.69, 9.17) is 18.9 Å². The van der Waals surface area contributed by atoms with Crippen LogP contribution in [0.3, 0.4) is 0 Å². The summed E-state index contributed by atoms with van der Waals surface area (Å²) in [7, 11) is 1.60. The van der Waals surface area contributed by atoms with Gasteiger partial charge >= 0.3 is 0 Å². The molecule has 0 unspecified atom stereocenters. The van der Waals surface area contributed by atoms with Gasteiger partial charge in [-0.05, 0) is 87.4 Å². The summed E-state index contributed by atoms with van der Waals surface area (Å²) < 4.78 is 37.5. The van der Waals surface area contributed by atoms with Crippen molar-refractivity contribution in [1.82, 2.24) is 4.90 Å². The highest BCUT2D eigenvalue weighted by atomic mass is 19.1. The van der Waals surface area contributed by atoms with Crippen LogP contribution in [0, 0.1) is 26.6 Å². The summed E-state index contributed by atoms with van der Waals surface area (Å²) in [4.78, 5) is 19.5. The molecule has 0 radical (unpaired) electrons. The van der Waals surface area contributed by atoms with E-state index in [0.717, 1.165) is 54.7 Å². The van der Waals surface area contributed by atoms with Crippen molar-refractivity contribution in [3.8, 4) is 28.7 Å². The zero-order valence-corrected chi connectivity index (χ0v) is 23.5. The first-order valence-corrected chi connectivity index (χ1v) is 13.7. The molecule has 0 spiro atoms. The molecule has 2 heterocycles. The lowest BCUT2D eigenvalue weighted by Crippen LogP contribution is -2.35. The van der Waals surface area contributed by atoms with Crippen LogP contribution < -0.4 is 18.9 Å². The Morgan fingerprint density at radius 1 is 0.925 bits per heavy atom. The van der Waals surface area contributed by atoms with Crippen LogP contribution in [-0.4, -0.2) is 49.9 Å². The van der Waals surface area contributed by atoms with Gasteiger partial charge < -0.3 is 23.8 Å². The fourth-order valence-corrected chi connectivity index (χ4v) is 5.05. The number of carbonyl (C=O) groups is 1. The molecule has 1 amide bonds. The lowest BCUT2D eigenvalue weighted by molar-refractivity contribution is 0.0774. The smallest absolute Gasteiger partial charge is 0.256 e. The fraction of sp³-hybridized carbons (Fsp3) is 0.375. The summed E-state index contributed by atoms with van der Waals surface area (Å²) in [6.07, 6.45) is 5.38. The third-order valence-corrected chi connectivity index (χ3v) is 7.48. The van der Waals surface area contributed by atoms with Gasteiger partial charge in [-0.15, -0.1) is 0 Å². The summed E-state index contributed by atoms with van der Waals surface area (Å²) in [6.45, 7) is 7.60. The lowest BCUT2D eigenvalue weighted by atomic mass is 10.1. The number of amides is 1. The molecule has 5 rings (SSSR count). The average Bonchev–Trinajstić information content (AvgIpc) is 3.37. The number of unbranched alkanes of at least 4 members (excludes halogenated alkanes) is 1. The Hall–Kier alpha value is -4.07. The normalized spacial score (nSPS) is 15.9. The highest BCUT2D eigenvalue weighted by Gasteiger charge is 2.32. The van der Waals surface area contributed by atoms with Crippen molar-refractivity contribution in [3.05, 3.63) is 70.5 Å². The average molecular weight is 547 g/mol. The van der Waals surface area contributed by atoms with E-state index in [2.05, 4.69) is 4.99 Å². The monoisotopic (exact) mass is 546 g/mol. The van der Waals surface area contributed by atoms with E-state index in [-0.39, 0.29) is 17.7 Å². The van der Waals surface area contributed by atoms with Gasteiger partial charge in [-0.2, -0.15) is 0 Å². The molecule has 2 aliphatic rings. The zero-order valence-electron chi connectivity index (χ0n) is 23.5. The minimum Gasteiger partial charge on any atom is -0.496 e. The topological polar surface area (TPSA) is 69.6 Å². The second-order valence-electron chi connectivity index (χ2n) is 10.3. The van der Waals surface area contributed by atoms with Crippen LogP contribution >= 0.6 is 0 Å². The summed E-state index contributed by atoms with van der Waals surface area (Å²) in [5.74, 6) is 2.11. The van der Waals surface area contributed by atoms with Crippen LogP contribution in [0.4, 0.5) is 10.1 Å². The molecule has 0 bridgehead atoms. The number of halogens is 1. The number of hydrogen-bond donors (Lipinski definition) is 0. The molecule has 1 atom stereocenters. The maximum Gasteiger partial charge on any atom is 0.256 e. The lowest BCUT2D eigenvalue weighted by Gasteiger charge is -2.20. The Balaban J connectivity index is 1.12. The van der Waals surface area contributed by atoms with Crippen molar-refractivity contribution in [3.63, 3.8) is 0 Å². The second-order valence-corrected chi connectivity index (χ2v) is 10.3. The molecule has 0 aliphatic carbocycles. The standard InChI is InChI=1S/C32H35FN2O5/c1-20-14-25(17-30(37-4)22(20)3)40-31-16-24(9-10-27(31)33)38-12-5-6-13-39-29-18-28-26(15-21(29)2)32(36)35-11-7-8-23(35)19-34-28/h9-10,14-19,23H,5-8,11-13H2,1-4H3/t23-/m0/s1. The molecule has 7 nitrogen and oxygen atoms in total. The number of nitrogens with zero attached hydrogens (tertiary/aromatic N) is 2. The largest absolute Gasteiger partial charge is 0.496 e. The summed E-state index contributed by atoms with van der Waals surface area (Å²) in [5, 5.41) is 0. The molecular formula is C32H35FN2O5. The first-order valence-electron chi connectivity index (χ1n) is 13.7. The molecule has 2 aliphatic heterocycles. The molecule has 1 fully saturated rings. The first-order chi connectivity index (χ1) is 19.3. The van der Waals surface area contributed by atoms with Crippen LogP contribution in [0.25, 0.3) is 0 Å². The molecule has 0 aromatic heterocycles. The van der Waals surface area contributed by atoms with Crippen LogP contribution in [0.2, 0.25) is 0 Å². The van der Waals surface area contributed by atoms with E-state index in [0.29, 0.717) is 41.7 Å². The fourth-order valence-electron chi connectivity index (χ4n) is 5.05. The molecule has 0 N–H and O–H groups in total. The summed E-state index contributed by atoms with van der Waals surface area (Å²) in [5.41, 5.74) is 4.22. The number of aliphatic imine (C=N–C) groups is 1. The summed E-state index contributed by atoms with van der Waals surface area (Å²) >= 11 is 0. The number of rotatable bonds is 10. The van der Waals surface area contributed by atoms with Crippen LogP contribution in [0.15, 0.2) is 47.5 Å². The highest BCUT2D eigenvalue weighted by Crippen LogP contribution is 2.35. The van der Waals surface area contributed by atoms with Gasteiger partial charge in [0.2, 0.25) is 0 Å². The number of benzene rings is 3. The Morgan fingerprint density at radius 3 is 2.50 bits per heavy atom. The maximum atomic E-state index is 14.5. The van der Waals surface area contributed by atoms with Gasteiger partial charge in [0.25, 0.3) is 5.91 Å². The third-order valence-electron chi connectivity index (χ3n) is 7.48. The van der Waals surface area contributed by atoms with E-state index < -0.39 is 5.82 Å². The minimum atomic E-state index is -0.472. The third kappa shape index (κ3) is 5.91. The number of hydrogen-bond acceptors (Lipinski definition) is 6. The van der Waals surface area contributed by atoms with E-state index in [9.17, 15) is 9.18 Å². The number of carbonyl (C=O) groups excluding carboxylic acids is 1. The molecule has 3 aromatic carbocycles. The van der Waals surface area contributed by atoms with Crippen molar-refractivity contribution >= 4 is 17.8 Å².